The molecule has 1 heterocycles. The molecule has 8 heteroatoms. The summed E-state index contributed by atoms with van der Waals surface area (Å²) >= 11 is 6.25. The Bertz CT molecular complexity index is 705. The van der Waals surface area contributed by atoms with Crippen LogP contribution in [0.5, 0.6) is 0 Å². The highest BCUT2D eigenvalue weighted by atomic mass is 35.5. The Hall–Kier alpha value is -1.76. The van der Waals surface area contributed by atoms with Crippen molar-refractivity contribution in [3.8, 4) is 5.69 Å². The Morgan fingerprint density at radius 2 is 1.95 bits per heavy atom. The third-order valence-corrected chi connectivity index (χ3v) is 3.80. The highest BCUT2D eigenvalue weighted by Crippen LogP contribution is 2.41. The minimum absolute atomic E-state index is 0.0772. The van der Waals surface area contributed by atoms with Crippen molar-refractivity contribution in [1.29, 1.82) is 0 Å². The van der Waals surface area contributed by atoms with Crippen LogP contribution in [0, 0.1) is 0 Å². The lowest BCUT2D eigenvalue weighted by atomic mass is 10.1. The molecule has 1 saturated carbocycles. The molecule has 4 nitrogen and oxygen atoms in total. The van der Waals surface area contributed by atoms with Gasteiger partial charge in [0.25, 0.3) is 5.82 Å². The van der Waals surface area contributed by atoms with Gasteiger partial charge < -0.3 is 4.90 Å². The zero-order chi connectivity index (χ0) is 16.1. The molecule has 1 fully saturated rings. The summed E-state index contributed by atoms with van der Waals surface area (Å²) in [6.07, 6.45) is -2.35. The van der Waals surface area contributed by atoms with Gasteiger partial charge in [-0.2, -0.15) is 22.8 Å². The van der Waals surface area contributed by atoms with Crippen molar-refractivity contribution >= 4 is 17.5 Å². The summed E-state index contributed by atoms with van der Waals surface area (Å²) in [7, 11) is 3.21. The first-order chi connectivity index (χ1) is 10.3. The lowest BCUT2D eigenvalue weighted by Gasteiger charge is -2.14. The molecule has 3 rings (SSSR count). The van der Waals surface area contributed by atoms with Gasteiger partial charge in [0.05, 0.1) is 10.7 Å². The summed E-state index contributed by atoms with van der Waals surface area (Å²) in [5, 5.41) is 3.95. The second-order valence-corrected chi connectivity index (χ2v) is 5.93. The van der Waals surface area contributed by atoms with Crippen LogP contribution in [0.1, 0.15) is 30.1 Å². The van der Waals surface area contributed by atoms with E-state index in [2.05, 4.69) is 10.1 Å². The van der Waals surface area contributed by atoms with Crippen molar-refractivity contribution < 1.29 is 13.2 Å². The van der Waals surface area contributed by atoms with Crippen molar-refractivity contribution in [1.82, 2.24) is 14.8 Å². The van der Waals surface area contributed by atoms with E-state index in [-0.39, 0.29) is 5.95 Å². The maximum absolute atomic E-state index is 12.8. The number of aromatic nitrogens is 3. The monoisotopic (exact) mass is 330 g/mol. The van der Waals surface area contributed by atoms with Crippen LogP contribution in [0.15, 0.2) is 18.2 Å². The smallest absolute Gasteiger partial charge is 0.347 e. The SMILES string of the molecule is CN(C)c1nc(C(F)(F)F)nn1-c1ccc(C2CC2)cc1Cl. The predicted octanol–water partition coefficient (Wildman–Crippen LogP) is 3.88. The van der Waals surface area contributed by atoms with Crippen molar-refractivity contribution in [2.75, 3.05) is 19.0 Å². The highest BCUT2D eigenvalue weighted by molar-refractivity contribution is 6.32. The number of hydrogen-bond donors (Lipinski definition) is 0. The lowest BCUT2D eigenvalue weighted by Crippen LogP contribution is -2.15. The summed E-state index contributed by atoms with van der Waals surface area (Å²) in [4.78, 5) is 5.03. The first-order valence-electron chi connectivity index (χ1n) is 6.79. The Morgan fingerprint density at radius 3 is 2.45 bits per heavy atom. The molecule has 1 aliphatic rings. The van der Waals surface area contributed by atoms with Crippen LogP contribution < -0.4 is 4.90 Å². The van der Waals surface area contributed by atoms with Gasteiger partial charge in [-0.3, -0.25) is 0 Å². The van der Waals surface area contributed by atoms with Crippen LogP contribution in [-0.4, -0.2) is 28.9 Å². The van der Waals surface area contributed by atoms with Crippen molar-refractivity contribution in [3.05, 3.63) is 34.6 Å². The second kappa shape index (κ2) is 5.15. The maximum atomic E-state index is 12.8. The molecule has 1 aliphatic carbocycles. The molecule has 0 N–H and O–H groups in total. The second-order valence-electron chi connectivity index (χ2n) is 5.52. The van der Waals surface area contributed by atoms with Crippen LogP contribution in [0.25, 0.3) is 5.69 Å². The zero-order valence-electron chi connectivity index (χ0n) is 12.0. The number of hydrogen-bond acceptors (Lipinski definition) is 3. The summed E-state index contributed by atoms with van der Waals surface area (Å²) in [5.41, 5.74) is 1.49. The van der Waals surface area contributed by atoms with Gasteiger partial charge in [0, 0.05) is 14.1 Å². The number of benzene rings is 1. The average molecular weight is 331 g/mol. The molecular formula is C14H14ClF3N4. The van der Waals surface area contributed by atoms with Crippen LogP contribution >= 0.6 is 11.6 Å². The van der Waals surface area contributed by atoms with Gasteiger partial charge >= 0.3 is 6.18 Å². The molecule has 22 heavy (non-hydrogen) atoms. The molecule has 2 aromatic rings. The number of nitrogens with zero attached hydrogens (tertiary/aromatic N) is 4. The minimum atomic E-state index is -4.60. The van der Waals surface area contributed by atoms with Crippen molar-refractivity contribution in [2.24, 2.45) is 0 Å². The Labute approximate surface area is 130 Å². The summed E-state index contributed by atoms with van der Waals surface area (Å²) in [6.45, 7) is 0. The van der Waals surface area contributed by atoms with E-state index in [9.17, 15) is 13.2 Å². The van der Waals surface area contributed by atoms with E-state index in [0.717, 1.165) is 23.1 Å². The molecule has 0 unspecified atom stereocenters. The van der Waals surface area contributed by atoms with Crippen LogP contribution in [0.4, 0.5) is 19.1 Å². The number of anilines is 1. The van der Waals surface area contributed by atoms with E-state index in [1.165, 1.54) is 4.90 Å². The maximum Gasteiger partial charge on any atom is 0.453 e. The van der Waals surface area contributed by atoms with Gasteiger partial charge in [0.2, 0.25) is 5.95 Å². The van der Waals surface area contributed by atoms with Crippen LogP contribution in [0.3, 0.4) is 0 Å². The topological polar surface area (TPSA) is 34.0 Å². The Balaban J connectivity index is 2.08. The summed E-state index contributed by atoms with van der Waals surface area (Å²) < 4.78 is 39.7. The van der Waals surface area contributed by atoms with E-state index >= 15 is 0 Å². The molecule has 118 valence electrons. The zero-order valence-corrected chi connectivity index (χ0v) is 12.8. The van der Waals surface area contributed by atoms with E-state index in [0.29, 0.717) is 16.6 Å². The first kappa shape index (κ1) is 15.1. The van der Waals surface area contributed by atoms with E-state index in [4.69, 9.17) is 11.6 Å². The van der Waals surface area contributed by atoms with Crippen LogP contribution in [-0.2, 0) is 6.18 Å². The summed E-state index contributed by atoms with van der Waals surface area (Å²) in [6, 6.07) is 5.37. The Kier molecular flexibility index (Phi) is 3.55. The lowest BCUT2D eigenvalue weighted by molar-refractivity contribution is -0.144. The fourth-order valence-electron chi connectivity index (χ4n) is 2.24. The van der Waals surface area contributed by atoms with Crippen molar-refractivity contribution in [3.63, 3.8) is 0 Å². The molecule has 0 bridgehead atoms. The number of alkyl halides is 3. The van der Waals surface area contributed by atoms with Crippen LogP contribution in [0.2, 0.25) is 5.02 Å². The molecule has 0 saturated heterocycles. The fraction of sp³-hybridized carbons (Fsp3) is 0.429. The molecule has 1 aromatic heterocycles. The fourth-order valence-corrected chi connectivity index (χ4v) is 2.51. The molecule has 0 spiro atoms. The van der Waals surface area contributed by atoms with Gasteiger partial charge in [-0.1, -0.05) is 17.7 Å². The van der Waals surface area contributed by atoms with Gasteiger partial charge in [-0.05, 0) is 36.5 Å². The summed E-state index contributed by atoms with van der Waals surface area (Å²) in [5.74, 6) is -0.590. The third-order valence-electron chi connectivity index (χ3n) is 3.49. The number of halogens is 4. The quantitative estimate of drug-likeness (QED) is 0.856. The van der Waals surface area contributed by atoms with Gasteiger partial charge in [0.15, 0.2) is 0 Å². The van der Waals surface area contributed by atoms with E-state index in [1.807, 2.05) is 6.07 Å². The van der Waals surface area contributed by atoms with Gasteiger partial charge in [-0.15, -0.1) is 5.10 Å². The van der Waals surface area contributed by atoms with Gasteiger partial charge in [0.1, 0.15) is 0 Å². The molecule has 0 atom stereocenters. The molecule has 0 amide bonds. The standard InChI is InChI=1S/C14H14ClF3N4/c1-21(2)13-19-12(14(16,17)18)20-22(13)11-6-5-9(7-10(11)15)8-3-4-8/h5-8H,3-4H2,1-2H3. The minimum Gasteiger partial charge on any atom is -0.347 e. The normalized spacial score (nSPS) is 15.2. The van der Waals surface area contributed by atoms with E-state index in [1.54, 1.807) is 26.2 Å². The average Bonchev–Trinajstić information content (AvgIpc) is 3.15. The Morgan fingerprint density at radius 1 is 1.27 bits per heavy atom. The molecule has 1 aromatic carbocycles. The van der Waals surface area contributed by atoms with Crippen molar-refractivity contribution in [2.45, 2.75) is 24.9 Å². The highest BCUT2D eigenvalue weighted by Gasteiger charge is 2.38. The third kappa shape index (κ3) is 2.77. The number of rotatable bonds is 3. The molecule has 0 aliphatic heterocycles. The van der Waals surface area contributed by atoms with Gasteiger partial charge in [-0.25, -0.2) is 0 Å². The molecular weight excluding hydrogens is 317 g/mol. The first-order valence-corrected chi connectivity index (χ1v) is 7.16. The largest absolute Gasteiger partial charge is 0.453 e. The van der Waals surface area contributed by atoms with E-state index < -0.39 is 12.0 Å². The predicted molar refractivity (Wildman–Crippen MR) is 77.7 cm³/mol. The molecule has 0 radical (unpaired) electrons.